The maximum Gasteiger partial charge on any atom is 0.166 e. The van der Waals surface area contributed by atoms with Gasteiger partial charge in [0.1, 0.15) is 18.8 Å². The summed E-state index contributed by atoms with van der Waals surface area (Å²) in [6.07, 6.45) is 1.08. The number of ether oxygens (including phenoxy) is 4. The summed E-state index contributed by atoms with van der Waals surface area (Å²) in [6, 6.07) is 3.71. The fourth-order valence-corrected chi connectivity index (χ4v) is 3.09. The molecule has 3 N–H and O–H groups in total. The number of benzene rings is 1. The van der Waals surface area contributed by atoms with Crippen LogP contribution in [0.2, 0.25) is 0 Å². The van der Waals surface area contributed by atoms with Crippen LogP contribution in [0.15, 0.2) is 12.1 Å². The predicted molar refractivity (Wildman–Crippen MR) is 105 cm³/mol. The van der Waals surface area contributed by atoms with Crippen molar-refractivity contribution in [3.05, 3.63) is 17.7 Å². The van der Waals surface area contributed by atoms with E-state index < -0.39 is 0 Å². The molecule has 0 atom stereocenters. The largest absolute Gasteiger partial charge is 0.496 e. The molecule has 0 amide bonds. The van der Waals surface area contributed by atoms with E-state index in [-0.39, 0.29) is 0 Å². The number of rotatable bonds is 9. The molecule has 0 bridgehead atoms. The van der Waals surface area contributed by atoms with E-state index >= 15 is 0 Å². The van der Waals surface area contributed by atoms with Crippen molar-refractivity contribution in [2.45, 2.75) is 13.0 Å². The van der Waals surface area contributed by atoms with Gasteiger partial charge in [0.15, 0.2) is 16.6 Å². The zero-order chi connectivity index (χ0) is 18.8. The first-order chi connectivity index (χ1) is 12.7. The summed E-state index contributed by atoms with van der Waals surface area (Å²) in [5.74, 6) is 2.03. The van der Waals surface area contributed by atoms with Gasteiger partial charge in [0, 0.05) is 31.1 Å². The minimum absolute atomic E-state index is 0.546. The van der Waals surface area contributed by atoms with Gasteiger partial charge in [-0.15, -0.1) is 0 Å². The molecular weight excluding hydrogens is 354 g/mol. The molecule has 0 aromatic heterocycles. The molecule has 1 heterocycles. The molecule has 1 aromatic carbocycles. The molecule has 0 radical (unpaired) electrons. The topological polar surface area (TPSA) is 65.4 Å². The smallest absolute Gasteiger partial charge is 0.166 e. The minimum atomic E-state index is 0.546. The Labute approximate surface area is 160 Å². The zero-order valence-electron chi connectivity index (χ0n) is 15.9. The van der Waals surface area contributed by atoms with Crippen LogP contribution in [-0.2, 0) is 11.3 Å². The lowest BCUT2D eigenvalue weighted by Gasteiger charge is -2.23. The minimum Gasteiger partial charge on any atom is -0.496 e. The number of hydrogen-bond acceptors (Lipinski definition) is 5. The van der Waals surface area contributed by atoms with Crippen molar-refractivity contribution in [3.63, 3.8) is 0 Å². The van der Waals surface area contributed by atoms with Crippen molar-refractivity contribution in [1.82, 2.24) is 10.6 Å². The Morgan fingerprint density at radius 1 is 1.04 bits per heavy atom. The molecule has 146 valence electrons. The van der Waals surface area contributed by atoms with Gasteiger partial charge in [-0.2, -0.15) is 0 Å². The molecular formula is C18H30N3O4S+. The van der Waals surface area contributed by atoms with E-state index in [1.165, 1.54) is 0 Å². The number of quaternary nitrogens is 1. The molecule has 7 nitrogen and oxygen atoms in total. The molecule has 1 saturated heterocycles. The maximum absolute atomic E-state index is 5.43. The first-order valence-corrected chi connectivity index (χ1v) is 9.30. The van der Waals surface area contributed by atoms with Gasteiger partial charge in [0.05, 0.1) is 41.1 Å². The lowest BCUT2D eigenvalue weighted by atomic mass is 10.1. The summed E-state index contributed by atoms with van der Waals surface area (Å²) in [5, 5.41) is 7.12. The summed E-state index contributed by atoms with van der Waals surface area (Å²) in [5.41, 5.74) is 0.951. The summed E-state index contributed by atoms with van der Waals surface area (Å²) < 4.78 is 21.5. The molecule has 0 aliphatic carbocycles. The van der Waals surface area contributed by atoms with E-state index in [4.69, 9.17) is 31.2 Å². The van der Waals surface area contributed by atoms with E-state index in [0.29, 0.717) is 23.2 Å². The molecule has 1 aromatic rings. The average Bonchev–Trinajstić information content (AvgIpc) is 2.69. The Balaban J connectivity index is 1.75. The van der Waals surface area contributed by atoms with Crippen molar-refractivity contribution in [2.24, 2.45) is 0 Å². The second-order valence-electron chi connectivity index (χ2n) is 6.09. The maximum atomic E-state index is 5.43. The van der Waals surface area contributed by atoms with Crippen molar-refractivity contribution in [3.8, 4) is 17.2 Å². The first-order valence-electron chi connectivity index (χ1n) is 8.89. The van der Waals surface area contributed by atoms with Gasteiger partial charge in [0.25, 0.3) is 0 Å². The number of thiocarbonyl (C=S) groups is 1. The van der Waals surface area contributed by atoms with Gasteiger partial charge < -0.3 is 34.5 Å². The zero-order valence-corrected chi connectivity index (χ0v) is 16.7. The third kappa shape index (κ3) is 6.19. The first kappa shape index (κ1) is 20.5. The van der Waals surface area contributed by atoms with Crippen LogP contribution in [0.25, 0.3) is 0 Å². The molecule has 8 heteroatoms. The lowest BCUT2D eigenvalue weighted by molar-refractivity contribution is -0.908. The van der Waals surface area contributed by atoms with Crippen LogP contribution >= 0.6 is 12.2 Å². The summed E-state index contributed by atoms with van der Waals surface area (Å²) in [6.45, 7) is 6.49. The molecule has 26 heavy (non-hydrogen) atoms. The van der Waals surface area contributed by atoms with E-state index in [2.05, 4.69) is 10.6 Å². The Kier molecular flexibility index (Phi) is 8.73. The normalized spacial score (nSPS) is 14.6. The van der Waals surface area contributed by atoms with Crippen LogP contribution < -0.4 is 29.7 Å². The van der Waals surface area contributed by atoms with E-state index in [0.717, 1.165) is 57.1 Å². The van der Waals surface area contributed by atoms with Crippen LogP contribution in [0.3, 0.4) is 0 Å². The summed E-state index contributed by atoms with van der Waals surface area (Å²) >= 11 is 5.37. The lowest BCUT2D eigenvalue weighted by Crippen LogP contribution is -3.14. The van der Waals surface area contributed by atoms with Crippen molar-refractivity contribution >= 4 is 17.3 Å². The molecule has 1 fully saturated rings. The van der Waals surface area contributed by atoms with Gasteiger partial charge in [-0.1, -0.05) is 0 Å². The second-order valence-corrected chi connectivity index (χ2v) is 6.50. The van der Waals surface area contributed by atoms with Gasteiger partial charge >= 0.3 is 0 Å². The number of morpholine rings is 1. The van der Waals surface area contributed by atoms with Gasteiger partial charge in [-0.3, -0.25) is 0 Å². The Morgan fingerprint density at radius 2 is 1.69 bits per heavy atom. The number of nitrogens with one attached hydrogen (secondary N) is 3. The summed E-state index contributed by atoms with van der Waals surface area (Å²) in [4.78, 5) is 1.60. The highest BCUT2D eigenvalue weighted by Crippen LogP contribution is 2.34. The van der Waals surface area contributed by atoms with Crippen LogP contribution in [0.1, 0.15) is 12.0 Å². The fourth-order valence-electron chi connectivity index (χ4n) is 2.92. The highest BCUT2D eigenvalue weighted by Gasteiger charge is 2.13. The van der Waals surface area contributed by atoms with Crippen LogP contribution in [-0.4, -0.2) is 65.8 Å². The van der Waals surface area contributed by atoms with Gasteiger partial charge in [-0.25, -0.2) is 0 Å². The monoisotopic (exact) mass is 384 g/mol. The number of methoxy groups -OCH3 is 3. The molecule has 0 saturated carbocycles. The third-order valence-electron chi connectivity index (χ3n) is 4.42. The van der Waals surface area contributed by atoms with Gasteiger partial charge in [0.2, 0.25) is 0 Å². The molecule has 1 aliphatic heterocycles. The highest BCUT2D eigenvalue weighted by molar-refractivity contribution is 7.80. The molecule has 2 rings (SSSR count). The standard InChI is InChI=1S/C18H29N3O4S/c1-22-15-12-17(24-3)16(23-2)11-14(15)13-20-18(26)19-5-4-6-21-7-9-25-10-8-21/h11-12H,4-10,13H2,1-3H3,(H2,19,20,26)/p+1. The quantitative estimate of drug-likeness (QED) is 0.409. The Bertz CT molecular complexity index is 580. The predicted octanol–water partition coefficient (Wildman–Crippen LogP) is -0.0183. The average molecular weight is 385 g/mol. The molecule has 1 aliphatic rings. The molecule has 0 spiro atoms. The van der Waals surface area contributed by atoms with Crippen LogP contribution in [0.4, 0.5) is 0 Å². The van der Waals surface area contributed by atoms with E-state index in [9.17, 15) is 0 Å². The van der Waals surface area contributed by atoms with Gasteiger partial charge in [-0.05, 0) is 18.3 Å². The fraction of sp³-hybridized carbons (Fsp3) is 0.611. The highest BCUT2D eigenvalue weighted by atomic mass is 32.1. The van der Waals surface area contributed by atoms with Crippen molar-refractivity contribution in [2.75, 3.05) is 60.7 Å². The van der Waals surface area contributed by atoms with E-state index in [1.807, 2.05) is 12.1 Å². The van der Waals surface area contributed by atoms with Crippen LogP contribution in [0.5, 0.6) is 17.2 Å². The number of hydrogen-bond donors (Lipinski definition) is 3. The second kappa shape index (κ2) is 11.1. The summed E-state index contributed by atoms with van der Waals surface area (Å²) in [7, 11) is 4.85. The third-order valence-corrected chi connectivity index (χ3v) is 4.71. The molecule has 0 unspecified atom stereocenters. The van der Waals surface area contributed by atoms with Crippen molar-refractivity contribution in [1.29, 1.82) is 0 Å². The Morgan fingerprint density at radius 3 is 2.35 bits per heavy atom. The van der Waals surface area contributed by atoms with E-state index in [1.54, 1.807) is 26.2 Å². The Hall–Kier alpha value is -1.77. The van der Waals surface area contributed by atoms with Crippen molar-refractivity contribution < 1.29 is 23.8 Å². The van der Waals surface area contributed by atoms with Crippen LogP contribution in [0, 0.1) is 0 Å². The SMILES string of the molecule is COc1cc(OC)c(OC)cc1CNC(=S)NCCC[NH+]1CCOCC1.